The number of ether oxygens (including phenoxy) is 1. The number of nitrogens with zero attached hydrogens (tertiary/aromatic N) is 2. The smallest absolute Gasteiger partial charge is 0.294 e. The van der Waals surface area contributed by atoms with Gasteiger partial charge in [-0.3, -0.25) is 0 Å². The number of anilines is 1. The molecule has 0 spiro atoms. The van der Waals surface area contributed by atoms with Gasteiger partial charge in [0.1, 0.15) is 22.1 Å². The quantitative estimate of drug-likeness (QED) is 0.167. The highest BCUT2D eigenvalue weighted by atomic mass is 79.9. The summed E-state index contributed by atoms with van der Waals surface area (Å²) in [5.41, 5.74) is 1.04. The van der Waals surface area contributed by atoms with E-state index in [2.05, 4.69) is 26.1 Å². The first-order chi connectivity index (χ1) is 16.4. The van der Waals surface area contributed by atoms with Crippen molar-refractivity contribution in [3.63, 3.8) is 0 Å². The van der Waals surface area contributed by atoms with Crippen LogP contribution in [0.1, 0.15) is 24.0 Å². The van der Waals surface area contributed by atoms with Crippen molar-refractivity contribution < 1.29 is 31.5 Å². The van der Waals surface area contributed by atoms with Crippen LogP contribution in [0.2, 0.25) is 5.02 Å². The molecule has 12 nitrogen and oxygen atoms in total. The van der Waals surface area contributed by atoms with Crippen LogP contribution >= 0.6 is 27.5 Å². The lowest BCUT2D eigenvalue weighted by Crippen LogP contribution is -2.39. The van der Waals surface area contributed by atoms with Crippen molar-refractivity contribution in [3.05, 3.63) is 56.6 Å². The lowest BCUT2D eigenvalue weighted by Gasteiger charge is -2.30. The van der Waals surface area contributed by atoms with Crippen LogP contribution in [-0.2, 0) is 38.0 Å². The van der Waals surface area contributed by atoms with Gasteiger partial charge in [-0.1, -0.05) is 33.6 Å². The minimum Gasteiger partial charge on any atom is -0.494 e. The van der Waals surface area contributed by atoms with Crippen LogP contribution in [0.15, 0.2) is 40.1 Å². The summed E-state index contributed by atoms with van der Waals surface area (Å²) in [5.74, 6) is 0.407. The average Bonchev–Trinajstić information content (AvgIpc) is 2.76. The number of nitrogens with one attached hydrogen (secondary N) is 1. The topological polar surface area (TPSA) is 171 Å². The molecule has 1 aliphatic heterocycles. The molecule has 3 rings (SSSR count). The average molecular weight is 614 g/mol. The number of alkyl halides is 1. The highest BCUT2D eigenvalue weighted by Gasteiger charge is 2.34. The Kier molecular flexibility index (Phi) is 8.82. The first-order valence-corrected chi connectivity index (χ1v) is 14.6. The number of nitrogens with two attached hydrogens (primary N) is 1. The fourth-order valence-electron chi connectivity index (χ4n) is 3.35. The fraction of sp³-hybridized carbons (Fsp3) is 0.368. The molecular formula is C19H22BrClN4O8S2. The Morgan fingerprint density at radius 1 is 1.20 bits per heavy atom. The number of halogens is 2. The lowest BCUT2D eigenvalue weighted by molar-refractivity contribution is -0.763. The summed E-state index contributed by atoms with van der Waals surface area (Å²) >= 11 is 9.31. The van der Waals surface area contributed by atoms with E-state index in [1.807, 2.05) is 0 Å². The fourth-order valence-corrected chi connectivity index (χ4v) is 6.42. The highest BCUT2D eigenvalue weighted by molar-refractivity contribution is 9.09. The number of hydrogen-bond acceptors (Lipinski definition) is 9. The molecule has 35 heavy (non-hydrogen) atoms. The van der Waals surface area contributed by atoms with Gasteiger partial charge in [0.15, 0.2) is 0 Å². The number of fused-ring (bicyclic) bond motifs is 1. The molecule has 0 amide bonds. The molecule has 0 saturated carbocycles. The maximum atomic E-state index is 13.3. The van der Waals surface area contributed by atoms with Gasteiger partial charge in [-0.05, 0) is 48.2 Å². The Labute approximate surface area is 215 Å². The first kappa shape index (κ1) is 27.4. The van der Waals surface area contributed by atoms with Crippen LogP contribution in [0, 0.1) is 10.1 Å². The number of unbranched alkanes of at least 4 members (excludes halogenated alkanes) is 1. The Morgan fingerprint density at radius 3 is 2.57 bits per heavy atom. The molecular weight excluding hydrogens is 592 g/mol. The van der Waals surface area contributed by atoms with Gasteiger partial charge in [0, 0.05) is 11.9 Å². The van der Waals surface area contributed by atoms with E-state index >= 15 is 0 Å². The van der Waals surface area contributed by atoms with E-state index in [-0.39, 0.29) is 35.4 Å². The van der Waals surface area contributed by atoms with Crippen molar-refractivity contribution in [2.45, 2.75) is 35.8 Å². The summed E-state index contributed by atoms with van der Waals surface area (Å²) < 4.78 is 57.0. The highest BCUT2D eigenvalue weighted by Crippen LogP contribution is 2.36. The van der Waals surface area contributed by atoms with Crippen LogP contribution in [0.25, 0.3) is 0 Å². The van der Waals surface area contributed by atoms with E-state index in [0.29, 0.717) is 23.5 Å². The molecule has 0 atom stereocenters. The number of hydrogen-bond donors (Lipinski definition) is 2. The molecule has 2 aromatic carbocycles. The van der Waals surface area contributed by atoms with E-state index < -0.39 is 30.0 Å². The van der Waals surface area contributed by atoms with Gasteiger partial charge >= 0.3 is 0 Å². The largest absolute Gasteiger partial charge is 0.494 e. The van der Waals surface area contributed by atoms with Crippen molar-refractivity contribution in [2.75, 3.05) is 23.9 Å². The Balaban J connectivity index is 1.91. The van der Waals surface area contributed by atoms with E-state index in [4.69, 9.17) is 21.5 Å². The summed E-state index contributed by atoms with van der Waals surface area (Å²) in [7, 11) is -8.41. The van der Waals surface area contributed by atoms with Crippen molar-refractivity contribution >= 4 is 53.3 Å². The van der Waals surface area contributed by atoms with Crippen molar-refractivity contribution in [1.82, 2.24) is 4.31 Å². The zero-order valence-corrected chi connectivity index (χ0v) is 22.1. The van der Waals surface area contributed by atoms with Crippen molar-refractivity contribution in [3.8, 4) is 5.75 Å². The second-order valence-electron chi connectivity index (χ2n) is 7.50. The molecule has 1 heterocycles. The van der Waals surface area contributed by atoms with Gasteiger partial charge in [0.25, 0.3) is 5.09 Å². The van der Waals surface area contributed by atoms with Crippen LogP contribution in [0.4, 0.5) is 5.69 Å². The van der Waals surface area contributed by atoms with Gasteiger partial charge in [-0.2, -0.15) is 4.31 Å². The Hall–Kier alpha value is -2.17. The summed E-state index contributed by atoms with van der Waals surface area (Å²) in [4.78, 5) is 14.3. The van der Waals surface area contributed by atoms with Gasteiger partial charge in [-0.25, -0.2) is 22.0 Å². The molecule has 0 aliphatic carbocycles. The zero-order chi connectivity index (χ0) is 25.8. The Bertz CT molecular complexity index is 1320. The van der Waals surface area contributed by atoms with Gasteiger partial charge in [0.05, 0.1) is 24.0 Å². The van der Waals surface area contributed by atoms with Crippen LogP contribution in [0.3, 0.4) is 0 Å². The van der Waals surface area contributed by atoms with Crippen molar-refractivity contribution in [2.24, 2.45) is 5.14 Å². The predicted octanol–water partition coefficient (Wildman–Crippen LogP) is 2.82. The number of primary sulfonamides is 1. The third-order valence-corrected chi connectivity index (χ3v) is 8.69. The molecule has 192 valence electrons. The number of sulfonamides is 2. The molecule has 1 aliphatic rings. The molecule has 0 aromatic heterocycles. The molecule has 0 fully saturated rings. The second kappa shape index (κ2) is 11.3. The van der Waals surface area contributed by atoms with E-state index in [1.165, 1.54) is 6.07 Å². The zero-order valence-electron chi connectivity index (χ0n) is 18.1. The van der Waals surface area contributed by atoms with Gasteiger partial charge < -0.3 is 14.9 Å². The monoisotopic (exact) mass is 612 g/mol. The molecule has 0 saturated heterocycles. The van der Waals surface area contributed by atoms with Crippen LogP contribution in [0.5, 0.6) is 5.75 Å². The molecule has 0 bridgehead atoms. The first-order valence-electron chi connectivity index (χ1n) is 10.1. The maximum absolute atomic E-state index is 13.3. The van der Waals surface area contributed by atoms with Gasteiger partial charge in [0.2, 0.25) is 20.0 Å². The van der Waals surface area contributed by atoms with Gasteiger partial charge in [-0.15, -0.1) is 10.1 Å². The minimum atomic E-state index is -4.26. The third-order valence-electron chi connectivity index (χ3n) is 4.92. The number of rotatable bonds is 11. The summed E-state index contributed by atoms with van der Waals surface area (Å²) in [6.07, 6.45) is 1.66. The minimum absolute atomic E-state index is 0.128. The lowest BCUT2D eigenvalue weighted by atomic mass is 10.1. The van der Waals surface area contributed by atoms with Crippen LogP contribution < -0.4 is 15.2 Å². The maximum Gasteiger partial charge on any atom is 0.294 e. The van der Waals surface area contributed by atoms with Crippen molar-refractivity contribution in [1.29, 1.82) is 0 Å². The SMILES string of the molecule is NS(=O)(=O)c1cc2c(cc1Cl)NCN(Cc1cc(CO[N+](=O)[O-])cc(OCCCCBr)c1)S2(=O)=O. The standard InChI is InChI=1S/C19H22BrClN4O8S2/c20-3-1-2-4-32-15-6-13(5-14(7-15)11-33-25(26)27)10-24-12-23-17-8-16(21)18(34(22,28)29)9-19(17)35(24,30)31/h5-9,23H,1-4,10-12H2,(H2,22,28,29). The van der Waals surface area contributed by atoms with Crippen LogP contribution in [-0.4, -0.2) is 44.8 Å². The summed E-state index contributed by atoms with van der Waals surface area (Å²) in [5, 5.41) is 18.4. The molecule has 0 radical (unpaired) electrons. The molecule has 16 heteroatoms. The number of benzene rings is 2. The molecule has 3 N–H and O–H groups in total. The molecule has 2 aromatic rings. The summed E-state index contributed by atoms with van der Waals surface area (Å²) in [6.45, 7) is -0.203. The van der Waals surface area contributed by atoms with E-state index in [1.54, 1.807) is 18.2 Å². The van der Waals surface area contributed by atoms with E-state index in [0.717, 1.165) is 28.5 Å². The normalized spacial score (nSPS) is 15.2. The predicted molar refractivity (Wildman–Crippen MR) is 131 cm³/mol. The summed E-state index contributed by atoms with van der Waals surface area (Å²) in [6, 6.07) is 6.89. The van der Waals surface area contributed by atoms with E-state index in [9.17, 15) is 26.9 Å². The third kappa shape index (κ3) is 6.95. The molecule has 0 unspecified atom stereocenters. The Morgan fingerprint density at radius 2 is 1.91 bits per heavy atom. The second-order valence-corrected chi connectivity index (χ2v) is 12.1.